The summed E-state index contributed by atoms with van der Waals surface area (Å²) >= 11 is 0. The molecule has 4 N–H and O–H groups in total. The van der Waals surface area contributed by atoms with E-state index in [0.29, 0.717) is 35.6 Å². The number of nitrogens with zero attached hydrogens (tertiary/aromatic N) is 2. The van der Waals surface area contributed by atoms with E-state index in [4.69, 9.17) is 0 Å². The van der Waals surface area contributed by atoms with Crippen LogP contribution in [0.25, 0.3) is 0 Å². The highest BCUT2D eigenvalue weighted by Crippen LogP contribution is 2.10. The molecule has 0 aromatic carbocycles. The van der Waals surface area contributed by atoms with Crippen molar-refractivity contribution in [2.24, 2.45) is 0 Å². The minimum atomic E-state index is -0.498. The van der Waals surface area contributed by atoms with Gasteiger partial charge in [0.2, 0.25) is 0 Å². The fraction of sp³-hybridized carbons (Fsp3) is 0.500. The zero-order valence-corrected chi connectivity index (χ0v) is 14.8. The Morgan fingerprint density at radius 2 is 1.00 bits per heavy atom. The molecule has 0 spiro atoms. The summed E-state index contributed by atoms with van der Waals surface area (Å²) in [7, 11) is 0. The van der Waals surface area contributed by atoms with E-state index in [1.807, 2.05) is 0 Å². The Kier molecular flexibility index (Phi) is 5.05. The molecule has 1 fully saturated rings. The second-order valence-corrected chi connectivity index (χ2v) is 6.58. The standard InChI is InChI=1S/C16H22N6O4/c1-9-11(13(23)19-15(25)17-9)7-21-3-5-22(6-4-21)8-12-10(2)18-16(26)20-14(12)24/h3-8H2,1-2H3,(H2,17,19,23,25)(H2,18,20,24,26). The maximum Gasteiger partial charge on any atom is 0.325 e. The number of nitrogens with one attached hydrogen (secondary N) is 4. The van der Waals surface area contributed by atoms with Gasteiger partial charge in [-0.2, -0.15) is 0 Å². The van der Waals surface area contributed by atoms with Gasteiger partial charge in [0.05, 0.1) is 11.1 Å². The first-order valence-corrected chi connectivity index (χ1v) is 8.42. The van der Waals surface area contributed by atoms with Gasteiger partial charge in [-0.05, 0) is 13.8 Å². The van der Waals surface area contributed by atoms with Crippen molar-refractivity contribution in [2.45, 2.75) is 26.9 Å². The number of hydrogen-bond acceptors (Lipinski definition) is 6. The quantitative estimate of drug-likeness (QED) is 0.515. The van der Waals surface area contributed by atoms with Gasteiger partial charge in [-0.15, -0.1) is 0 Å². The number of aromatic nitrogens is 4. The molecule has 0 saturated carbocycles. The highest BCUT2D eigenvalue weighted by atomic mass is 16.2. The summed E-state index contributed by atoms with van der Waals surface area (Å²) in [6.07, 6.45) is 0. The predicted octanol–water partition coefficient (Wildman–Crippen LogP) is -1.63. The van der Waals surface area contributed by atoms with Crippen LogP contribution in [-0.2, 0) is 13.1 Å². The molecule has 0 atom stereocenters. The lowest BCUT2D eigenvalue weighted by atomic mass is 10.2. The van der Waals surface area contributed by atoms with E-state index in [-0.39, 0.29) is 11.1 Å². The Bertz CT molecular complexity index is 939. The van der Waals surface area contributed by atoms with Gasteiger partial charge in [0.15, 0.2) is 0 Å². The van der Waals surface area contributed by atoms with E-state index < -0.39 is 11.4 Å². The number of rotatable bonds is 4. The van der Waals surface area contributed by atoms with Crippen LogP contribution in [0.1, 0.15) is 22.5 Å². The maximum atomic E-state index is 12.0. The molecular formula is C16H22N6O4. The molecule has 1 aliphatic heterocycles. The van der Waals surface area contributed by atoms with Gasteiger partial charge in [0.25, 0.3) is 11.1 Å². The largest absolute Gasteiger partial charge is 0.325 e. The number of aromatic amines is 4. The molecule has 3 heterocycles. The molecule has 0 aliphatic carbocycles. The maximum absolute atomic E-state index is 12.0. The van der Waals surface area contributed by atoms with E-state index in [1.165, 1.54) is 0 Å². The van der Waals surface area contributed by atoms with E-state index in [1.54, 1.807) is 13.8 Å². The first-order valence-electron chi connectivity index (χ1n) is 8.42. The van der Waals surface area contributed by atoms with Crippen LogP contribution >= 0.6 is 0 Å². The fourth-order valence-electron chi connectivity index (χ4n) is 3.19. The second kappa shape index (κ2) is 7.26. The molecule has 26 heavy (non-hydrogen) atoms. The van der Waals surface area contributed by atoms with Crippen molar-refractivity contribution < 1.29 is 0 Å². The Labute approximate surface area is 147 Å². The van der Waals surface area contributed by atoms with Crippen LogP contribution in [0.3, 0.4) is 0 Å². The molecule has 0 unspecified atom stereocenters. The number of piperazine rings is 1. The van der Waals surface area contributed by atoms with Crippen LogP contribution in [0.15, 0.2) is 19.2 Å². The Morgan fingerprint density at radius 3 is 1.31 bits per heavy atom. The van der Waals surface area contributed by atoms with Gasteiger partial charge < -0.3 is 9.97 Å². The van der Waals surface area contributed by atoms with E-state index in [2.05, 4.69) is 29.7 Å². The average Bonchev–Trinajstić information content (AvgIpc) is 2.55. The zero-order valence-electron chi connectivity index (χ0n) is 14.8. The molecule has 10 heteroatoms. The summed E-state index contributed by atoms with van der Waals surface area (Å²) < 4.78 is 0. The van der Waals surface area contributed by atoms with Crippen molar-refractivity contribution in [3.05, 3.63) is 64.2 Å². The summed E-state index contributed by atoms with van der Waals surface area (Å²) in [6, 6.07) is 0. The molecule has 0 bridgehead atoms. The van der Waals surface area contributed by atoms with Crippen LogP contribution < -0.4 is 22.5 Å². The smallest absolute Gasteiger partial charge is 0.311 e. The summed E-state index contributed by atoms with van der Waals surface area (Å²) in [5, 5.41) is 0. The number of aryl methyl sites for hydroxylation is 2. The van der Waals surface area contributed by atoms with E-state index in [0.717, 1.165) is 26.2 Å². The van der Waals surface area contributed by atoms with Gasteiger partial charge in [-0.3, -0.25) is 29.4 Å². The Morgan fingerprint density at radius 1 is 0.654 bits per heavy atom. The van der Waals surface area contributed by atoms with Crippen LogP contribution in [0.4, 0.5) is 0 Å². The summed E-state index contributed by atoms with van der Waals surface area (Å²) in [5.74, 6) is 0. The molecule has 0 amide bonds. The van der Waals surface area contributed by atoms with Crippen molar-refractivity contribution in [1.82, 2.24) is 29.7 Å². The molecular weight excluding hydrogens is 340 g/mol. The minimum absolute atomic E-state index is 0.357. The number of hydrogen-bond donors (Lipinski definition) is 4. The first-order chi connectivity index (χ1) is 12.3. The van der Waals surface area contributed by atoms with Crippen molar-refractivity contribution in [3.8, 4) is 0 Å². The molecule has 1 aliphatic rings. The van der Waals surface area contributed by atoms with Crippen LogP contribution in [0.2, 0.25) is 0 Å². The lowest BCUT2D eigenvalue weighted by Crippen LogP contribution is -2.47. The molecule has 2 aromatic rings. The Hall–Kier alpha value is -2.72. The van der Waals surface area contributed by atoms with Crippen molar-refractivity contribution in [3.63, 3.8) is 0 Å². The van der Waals surface area contributed by atoms with Crippen LogP contribution in [0, 0.1) is 13.8 Å². The highest BCUT2D eigenvalue weighted by Gasteiger charge is 2.20. The molecule has 2 aromatic heterocycles. The molecule has 1 saturated heterocycles. The van der Waals surface area contributed by atoms with Crippen molar-refractivity contribution in [2.75, 3.05) is 26.2 Å². The Balaban J connectivity index is 1.64. The zero-order chi connectivity index (χ0) is 18.8. The van der Waals surface area contributed by atoms with Gasteiger partial charge in [-0.25, -0.2) is 9.59 Å². The monoisotopic (exact) mass is 362 g/mol. The SMILES string of the molecule is Cc1[nH]c(=O)[nH]c(=O)c1CN1CCN(Cc2c(C)[nH]c(=O)[nH]c2=O)CC1. The summed E-state index contributed by atoms with van der Waals surface area (Å²) in [4.78, 5) is 60.5. The predicted molar refractivity (Wildman–Crippen MR) is 95.4 cm³/mol. The summed E-state index contributed by atoms with van der Waals surface area (Å²) in [5.41, 5.74) is 0.573. The van der Waals surface area contributed by atoms with Crippen molar-refractivity contribution in [1.29, 1.82) is 0 Å². The third-order valence-corrected chi connectivity index (χ3v) is 4.74. The molecule has 3 rings (SSSR count). The molecule has 10 nitrogen and oxygen atoms in total. The third kappa shape index (κ3) is 3.92. The third-order valence-electron chi connectivity index (χ3n) is 4.74. The normalized spacial score (nSPS) is 16.1. The average molecular weight is 362 g/mol. The van der Waals surface area contributed by atoms with Gasteiger partial charge in [0.1, 0.15) is 0 Å². The van der Waals surface area contributed by atoms with Gasteiger partial charge >= 0.3 is 11.4 Å². The second-order valence-electron chi connectivity index (χ2n) is 6.58. The minimum Gasteiger partial charge on any atom is -0.311 e. The van der Waals surface area contributed by atoms with E-state index in [9.17, 15) is 19.2 Å². The number of H-pyrrole nitrogens is 4. The lowest BCUT2D eigenvalue weighted by Gasteiger charge is -2.34. The topological polar surface area (TPSA) is 138 Å². The van der Waals surface area contributed by atoms with Crippen molar-refractivity contribution >= 4 is 0 Å². The molecule has 140 valence electrons. The van der Waals surface area contributed by atoms with Gasteiger partial charge in [-0.1, -0.05) is 0 Å². The molecule has 0 radical (unpaired) electrons. The summed E-state index contributed by atoms with van der Waals surface area (Å²) in [6.45, 7) is 7.29. The van der Waals surface area contributed by atoms with E-state index >= 15 is 0 Å². The van der Waals surface area contributed by atoms with Crippen LogP contribution in [-0.4, -0.2) is 55.9 Å². The fourth-order valence-corrected chi connectivity index (χ4v) is 3.19. The lowest BCUT2D eigenvalue weighted by molar-refractivity contribution is 0.120. The van der Waals surface area contributed by atoms with Crippen LogP contribution in [0.5, 0.6) is 0 Å². The van der Waals surface area contributed by atoms with Gasteiger partial charge in [0, 0.05) is 50.7 Å². The first kappa shape index (κ1) is 18.1. The highest BCUT2D eigenvalue weighted by molar-refractivity contribution is 5.15.